The monoisotopic (exact) mass is 386 g/mol. The quantitative estimate of drug-likeness (QED) is 0.529. The largest absolute Gasteiger partial charge is 0.493 e. The van der Waals surface area contributed by atoms with Crippen LogP contribution in [0.1, 0.15) is 25.3 Å². The van der Waals surface area contributed by atoms with Crippen LogP contribution in [0, 0.1) is 11.8 Å². The summed E-state index contributed by atoms with van der Waals surface area (Å²) >= 11 is 0. The predicted molar refractivity (Wildman–Crippen MR) is 103 cm³/mol. The topological polar surface area (TPSA) is 76.2 Å². The van der Waals surface area contributed by atoms with Crippen LogP contribution in [0.25, 0.3) is 0 Å². The Morgan fingerprint density at radius 3 is 2.21 bits per heavy atom. The summed E-state index contributed by atoms with van der Waals surface area (Å²) in [6.45, 7) is 2.50. The number of carbonyl (C=O) groups excluding carboxylic acids is 3. The molecule has 0 N–H and O–H groups in total. The number of methoxy groups -OCH3 is 2. The van der Waals surface area contributed by atoms with E-state index in [4.69, 9.17) is 9.47 Å². The Morgan fingerprint density at radius 2 is 1.68 bits per heavy atom. The summed E-state index contributed by atoms with van der Waals surface area (Å²) in [6, 6.07) is 5.47. The molecule has 7 heteroatoms. The van der Waals surface area contributed by atoms with Gasteiger partial charge in [-0.1, -0.05) is 18.2 Å². The molecule has 0 saturated carbocycles. The van der Waals surface area contributed by atoms with Crippen molar-refractivity contribution in [3.8, 4) is 11.5 Å². The zero-order valence-electron chi connectivity index (χ0n) is 16.5. The lowest BCUT2D eigenvalue weighted by atomic mass is 9.85. The zero-order valence-corrected chi connectivity index (χ0v) is 16.5. The molecule has 0 bridgehead atoms. The Morgan fingerprint density at radius 1 is 1.07 bits per heavy atom. The van der Waals surface area contributed by atoms with Crippen LogP contribution >= 0.6 is 0 Å². The van der Waals surface area contributed by atoms with Crippen LogP contribution in [-0.4, -0.2) is 54.8 Å². The average molecular weight is 386 g/mol. The van der Waals surface area contributed by atoms with Crippen molar-refractivity contribution in [2.75, 3.05) is 27.3 Å². The third-order valence-electron chi connectivity index (χ3n) is 5.45. The minimum atomic E-state index is -0.314. The number of fused-ring (bicyclic) bond motifs is 1. The van der Waals surface area contributed by atoms with Crippen LogP contribution in [0.15, 0.2) is 30.4 Å². The van der Waals surface area contributed by atoms with Gasteiger partial charge in [-0.05, 0) is 37.5 Å². The van der Waals surface area contributed by atoms with Crippen molar-refractivity contribution in [1.29, 1.82) is 0 Å². The van der Waals surface area contributed by atoms with Gasteiger partial charge in [0.2, 0.25) is 17.7 Å². The molecule has 7 nitrogen and oxygen atoms in total. The molecule has 2 atom stereocenters. The van der Waals surface area contributed by atoms with Gasteiger partial charge in [0.25, 0.3) is 0 Å². The van der Waals surface area contributed by atoms with Crippen molar-refractivity contribution in [2.24, 2.45) is 11.8 Å². The van der Waals surface area contributed by atoms with Gasteiger partial charge in [0, 0.05) is 13.1 Å². The Kier molecular flexibility index (Phi) is 6.02. The van der Waals surface area contributed by atoms with Crippen LogP contribution in [-0.2, 0) is 20.9 Å². The molecule has 1 saturated heterocycles. The maximum absolute atomic E-state index is 12.8. The number of likely N-dealkylation sites (N-methyl/N-ethyl adjacent to an activating group) is 1. The first-order valence-corrected chi connectivity index (χ1v) is 9.49. The molecule has 0 spiro atoms. The highest BCUT2D eigenvalue weighted by Crippen LogP contribution is 2.35. The van der Waals surface area contributed by atoms with Crippen molar-refractivity contribution in [2.45, 2.75) is 26.3 Å². The lowest BCUT2D eigenvalue weighted by Crippen LogP contribution is -2.42. The molecule has 1 aliphatic carbocycles. The van der Waals surface area contributed by atoms with Crippen LogP contribution in [0.3, 0.4) is 0 Å². The first-order valence-electron chi connectivity index (χ1n) is 9.49. The SMILES string of the molecule is CCN(Cc1ccc(OC)c(OC)c1)C(=O)CN1C(=O)C2CC=CCC2C1=O. The number of carbonyl (C=O) groups is 3. The molecule has 1 aromatic carbocycles. The maximum atomic E-state index is 12.8. The fraction of sp³-hybridized carbons (Fsp3) is 0.476. The van der Waals surface area contributed by atoms with Crippen molar-refractivity contribution in [3.63, 3.8) is 0 Å². The molecular weight excluding hydrogens is 360 g/mol. The van der Waals surface area contributed by atoms with Crippen molar-refractivity contribution in [1.82, 2.24) is 9.80 Å². The number of hydrogen-bond acceptors (Lipinski definition) is 5. The van der Waals surface area contributed by atoms with E-state index < -0.39 is 0 Å². The summed E-state index contributed by atoms with van der Waals surface area (Å²) in [7, 11) is 3.12. The van der Waals surface area contributed by atoms with E-state index in [2.05, 4.69) is 0 Å². The number of benzene rings is 1. The molecule has 28 heavy (non-hydrogen) atoms. The van der Waals surface area contributed by atoms with E-state index in [1.165, 1.54) is 0 Å². The molecule has 3 amide bonds. The number of nitrogens with zero attached hydrogens (tertiary/aromatic N) is 2. The van der Waals surface area contributed by atoms with Gasteiger partial charge in [0.05, 0.1) is 26.1 Å². The Balaban J connectivity index is 1.69. The molecular formula is C21H26N2O5. The summed E-state index contributed by atoms with van der Waals surface area (Å²) in [6.07, 6.45) is 5.02. The maximum Gasteiger partial charge on any atom is 0.243 e. The van der Waals surface area contributed by atoms with E-state index in [1.54, 1.807) is 25.2 Å². The van der Waals surface area contributed by atoms with E-state index in [-0.39, 0.29) is 36.1 Å². The van der Waals surface area contributed by atoms with Crippen LogP contribution < -0.4 is 9.47 Å². The van der Waals surface area contributed by atoms with Gasteiger partial charge in [0.1, 0.15) is 6.54 Å². The Hall–Kier alpha value is -2.83. The molecule has 1 heterocycles. The summed E-state index contributed by atoms with van der Waals surface area (Å²) in [5.74, 6) is -0.122. The smallest absolute Gasteiger partial charge is 0.243 e. The fourth-order valence-corrected chi connectivity index (χ4v) is 3.84. The third-order valence-corrected chi connectivity index (χ3v) is 5.45. The molecule has 3 rings (SSSR count). The van der Waals surface area contributed by atoms with Crippen LogP contribution in [0.2, 0.25) is 0 Å². The summed E-state index contributed by atoms with van der Waals surface area (Å²) in [4.78, 5) is 40.7. The van der Waals surface area contributed by atoms with Gasteiger partial charge >= 0.3 is 0 Å². The van der Waals surface area contributed by atoms with Crippen molar-refractivity contribution >= 4 is 17.7 Å². The summed E-state index contributed by atoms with van der Waals surface area (Å²) in [5.41, 5.74) is 0.879. The Labute approximate surface area is 164 Å². The molecule has 150 valence electrons. The normalized spacial score (nSPS) is 20.9. The minimum absolute atomic E-state index is 0.203. The van der Waals surface area contributed by atoms with Crippen LogP contribution in [0.5, 0.6) is 11.5 Å². The van der Waals surface area contributed by atoms with Gasteiger partial charge in [-0.15, -0.1) is 0 Å². The molecule has 1 fully saturated rings. The number of imide groups is 1. The van der Waals surface area contributed by atoms with Crippen molar-refractivity contribution in [3.05, 3.63) is 35.9 Å². The summed E-state index contributed by atoms with van der Waals surface area (Å²) < 4.78 is 10.5. The minimum Gasteiger partial charge on any atom is -0.493 e. The highest BCUT2D eigenvalue weighted by Gasteiger charge is 2.47. The van der Waals surface area contributed by atoms with Gasteiger partial charge in [-0.25, -0.2) is 0 Å². The second-order valence-electron chi connectivity index (χ2n) is 7.02. The number of likely N-dealkylation sites (tertiary alicyclic amines) is 1. The number of ether oxygens (including phenoxy) is 2. The highest BCUT2D eigenvalue weighted by molar-refractivity contribution is 6.07. The second kappa shape index (κ2) is 8.46. The van der Waals surface area contributed by atoms with Crippen LogP contribution in [0.4, 0.5) is 0 Å². The van der Waals surface area contributed by atoms with E-state index in [0.717, 1.165) is 10.5 Å². The first kappa shape index (κ1) is 19.9. The highest BCUT2D eigenvalue weighted by atomic mass is 16.5. The zero-order chi connectivity index (χ0) is 20.3. The molecule has 0 radical (unpaired) electrons. The fourth-order valence-electron chi connectivity index (χ4n) is 3.84. The summed E-state index contributed by atoms with van der Waals surface area (Å²) in [5, 5.41) is 0. The Bertz CT molecular complexity index is 778. The molecule has 0 aromatic heterocycles. The molecule has 2 unspecified atom stereocenters. The number of hydrogen-bond donors (Lipinski definition) is 0. The first-order chi connectivity index (χ1) is 13.5. The molecule has 1 aliphatic heterocycles. The number of rotatable bonds is 7. The van der Waals surface area contributed by atoms with E-state index in [1.807, 2.05) is 31.2 Å². The predicted octanol–water partition coefficient (Wildman–Crippen LogP) is 2.00. The standard InChI is InChI=1S/C21H26N2O5/c1-4-22(12-14-9-10-17(27-2)18(11-14)28-3)19(24)13-23-20(25)15-7-5-6-8-16(15)21(23)26/h5-6,9-11,15-16H,4,7-8,12-13H2,1-3H3. The van der Waals surface area contributed by atoms with Gasteiger partial charge in [-0.2, -0.15) is 0 Å². The van der Waals surface area contributed by atoms with Gasteiger partial charge in [-0.3, -0.25) is 19.3 Å². The molecule has 2 aliphatic rings. The van der Waals surface area contributed by atoms with Gasteiger partial charge < -0.3 is 14.4 Å². The van der Waals surface area contributed by atoms with E-state index >= 15 is 0 Å². The van der Waals surface area contributed by atoms with E-state index in [9.17, 15) is 14.4 Å². The second-order valence-corrected chi connectivity index (χ2v) is 7.02. The van der Waals surface area contributed by atoms with Crippen molar-refractivity contribution < 1.29 is 23.9 Å². The third kappa shape index (κ3) is 3.74. The number of allylic oxidation sites excluding steroid dienone is 2. The number of amides is 3. The lowest BCUT2D eigenvalue weighted by molar-refractivity contribution is -0.146. The molecule has 1 aromatic rings. The van der Waals surface area contributed by atoms with Gasteiger partial charge in [0.15, 0.2) is 11.5 Å². The lowest BCUT2D eigenvalue weighted by Gasteiger charge is -2.24. The van der Waals surface area contributed by atoms with E-state index in [0.29, 0.717) is 37.4 Å². The average Bonchev–Trinajstić information content (AvgIpc) is 2.96.